The Morgan fingerprint density at radius 1 is 1.26 bits per heavy atom. The standard InChI is InChI=1S/C20H26N4O3/c1-2-8-21-18(25)14-23-9-3-10-24(12-11-23)20(26)17-6-7-19(22-13-17)27-15-16-4-5-16/h1,6-7,13,16H,3-5,8-12,14-15H2,(H,21,25). The van der Waals surface area contributed by atoms with Gasteiger partial charge in [-0.3, -0.25) is 14.5 Å². The molecule has 1 aliphatic carbocycles. The van der Waals surface area contributed by atoms with Crippen molar-refractivity contribution >= 4 is 11.8 Å². The highest BCUT2D eigenvalue weighted by Crippen LogP contribution is 2.29. The van der Waals surface area contributed by atoms with Gasteiger partial charge in [-0.05, 0) is 31.2 Å². The first kappa shape index (κ1) is 19.2. The molecule has 2 heterocycles. The van der Waals surface area contributed by atoms with Crippen molar-refractivity contribution in [1.82, 2.24) is 20.1 Å². The van der Waals surface area contributed by atoms with Gasteiger partial charge in [0, 0.05) is 38.4 Å². The molecule has 7 heteroatoms. The van der Waals surface area contributed by atoms with Gasteiger partial charge in [0.15, 0.2) is 0 Å². The summed E-state index contributed by atoms with van der Waals surface area (Å²) in [5.74, 6) is 3.51. The highest BCUT2D eigenvalue weighted by atomic mass is 16.5. The van der Waals surface area contributed by atoms with E-state index in [2.05, 4.69) is 16.2 Å². The minimum Gasteiger partial charge on any atom is -0.477 e. The maximum absolute atomic E-state index is 12.7. The molecule has 1 saturated heterocycles. The number of hydrogen-bond acceptors (Lipinski definition) is 5. The highest BCUT2D eigenvalue weighted by Gasteiger charge is 2.23. The molecule has 1 N–H and O–H groups in total. The molecule has 3 rings (SSSR count). The van der Waals surface area contributed by atoms with Crippen LogP contribution in [-0.2, 0) is 4.79 Å². The van der Waals surface area contributed by atoms with Crippen LogP contribution in [0.4, 0.5) is 0 Å². The Balaban J connectivity index is 1.48. The van der Waals surface area contributed by atoms with Crippen molar-refractivity contribution in [3.05, 3.63) is 23.9 Å². The van der Waals surface area contributed by atoms with E-state index in [0.29, 0.717) is 50.1 Å². The first-order valence-corrected chi connectivity index (χ1v) is 9.46. The summed E-state index contributed by atoms with van der Waals surface area (Å²) in [4.78, 5) is 32.7. The number of rotatable bonds is 7. The van der Waals surface area contributed by atoms with E-state index in [9.17, 15) is 9.59 Å². The number of amides is 2. The Morgan fingerprint density at radius 2 is 2.11 bits per heavy atom. The van der Waals surface area contributed by atoms with Crippen molar-refractivity contribution in [2.45, 2.75) is 19.3 Å². The fraction of sp³-hybridized carbons (Fsp3) is 0.550. The molecule has 0 bridgehead atoms. The minimum atomic E-state index is -0.0845. The number of terminal acetylenes is 1. The van der Waals surface area contributed by atoms with E-state index in [0.717, 1.165) is 13.0 Å². The number of hydrogen-bond donors (Lipinski definition) is 1. The van der Waals surface area contributed by atoms with Gasteiger partial charge in [0.1, 0.15) is 0 Å². The monoisotopic (exact) mass is 370 g/mol. The summed E-state index contributed by atoms with van der Waals surface area (Å²) in [6.45, 7) is 3.94. The summed E-state index contributed by atoms with van der Waals surface area (Å²) in [6, 6.07) is 3.53. The zero-order valence-corrected chi connectivity index (χ0v) is 15.5. The maximum Gasteiger partial charge on any atom is 0.255 e. The number of carbonyl (C=O) groups is 2. The van der Waals surface area contributed by atoms with Crippen molar-refractivity contribution in [2.24, 2.45) is 5.92 Å². The third kappa shape index (κ3) is 5.97. The molecule has 0 spiro atoms. The first-order chi connectivity index (χ1) is 13.2. The topological polar surface area (TPSA) is 74.8 Å². The van der Waals surface area contributed by atoms with Gasteiger partial charge in [-0.1, -0.05) is 5.92 Å². The van der Waals surface area contributed by atoms with E-state index in [4.69, 9.17) is 11.2 Å². The fourth-order valence-corrected chi connectivity index (χ4v) is 3.00. The molecule has 0 aromatic carbocycles. The van der Waals surface area contributed by atoms with Crippen LogP contribution in [0.5, 0.6) is 5.88 Å². The number of carbonyl (C=O) groups excluding carboxylic acids is 2. The van der Waals surface area contributed by atoms with Gasteiger partial charge in [0.25, 0.3) is 5.91 Å². The normalized spacial score (nSPS) is 17.7. The molecule has 2 amide bonds. The third-order valence-corrected chi connectivity index (χ3v) is 4.78. The molecule has 1 aliphatic heterocycles. The van der Waals surface area contributed by atoms with E-state index in [1.807, 2.05) is 9.80 Å². The van der Waals surface area contributed by atoms with E-state index in [1.165, 1.54) is 12.8 Å². The molecule has 2 aliphatic rings. The van der Waals surface area contributed by atoms with Gasteiger partial charge in [-0.2, -0.15) is 0 Å². The minimum absolute atomic E-state index is 0.0325. The molecule has 144 valence electrons. The Morgan fingerprint density at radius 3 is 2.81 bits per heavy atom. The van der Waals surface area contributed by atoms with Crippen LogP contribution in [0.2, 0.25) is 0 Å². The van der Waals surface area contributed by atoms with Crippen LogP contribution in [0.15, 0.2) is 18.3 Å². The van der Waals surface area contributed by atoms with Crippen molar-refractivity contribution in [2.75, 3.05) is 45.9 Å². The summed E-state index contributed by atoms with van der Waals surface area (Å²) < 4.78 is 5.62. The summed E-state index contributed by atoms with van der Waals surface area (Å²) in [6.07, 6.45) is 10.0. The lowest BCUT2D eigenvalue weighted by molar-refractivity contribution is -0.121. The summed E-state index contributed by atoms with van der Waals surface area (Å²) >= 11 is 0. The zero-order valence-electron chi connectivity index (χ0n) is 15.5. The van der Waals surface area contributed by atoms with Gasteiger partial charge in [0.2, 0.25) is 11.8 Å². The lowest BCUT2D eigenvalue weighted by atomic mass is 10.2. The van der Waals surface area contributed by atoms with Gasteiger partial charge >= 0.3 is 0 Å². The Labute approximate surface area is 160 Å². The first-order valence-electron chi connectivity index (χ1n) is 9.46. The predicted octanol–water partition coefficient (Wildman–Crippen LogP) is 0.768. The highest BCUT2D eigenvalue weighted by molar-refractivity contribution is 5.94. The summed E-state index contributed by atoms with van der Waals surface area (Å²) in [5, 5.41) is 2.67. The van der Waals surface area contributed by atoms with Gasteiger partial charge < -0.3 is 15.0 Å². The van der Waals surface area contributed by atoms with E-state index < -0.39 is 0 Å². The van der Waals surface area contributed by atoms with Gasteiger partial charge in [-0.25, -0.2) is 4.98 Å². The number of ether oxygens (including phenoxy) is 1. The maximum atomic E-state index is 12.7. The van der Waals surface area contributed by atoms with Crippen LogP contribution >= 0.6 is 0 Å². The molecule has 1 saturated carbocycles. The van der Waals surface area contributed by atoms with Crippen LogP contribution in [0.1, 0.15) is 29.6 Å². The lowest BCUT2D eigenvalue weighted by Gasteiger charge is -2.21. The van der Waals surface area contributed by atoms with E-state index >= 15 is 0 Å². The van der Waals surface area contributed by atoms with Crippen molar-refractivity contribution in [3.8, 4) is 18.2 Å². The molecule has 0 radical (unpaired) electrons. The number of nitrogens with one attached hydrogen (secondary N) is 1. The number of pyridine rings is 1. The molecule has 1 aromatic rings. The molecule has 2 fully saturated rings. The molecular formula is C20H26N4O3. The smallest absolute Gasteiger partial charge is 0.255 e. The third-order valence-electron chi connectivity index (χ3n) is 4.78. The van der Waals surface area contributed by atoms with Crippen molar-refractivity contribution in [1.29, 1.82) is 0 Å². The van der Waals surface area contributed by atoms with Crippen molar-refractivity contribution in [3.63, 3.8) is 0 Å². The Hall–Kier alpha value is -2.59. The second kappa shape index (κ2) is 9.38. The SMILES string of the molecule is C#CCNC(=O)CN1CCCN(C(=O)c2ccc(OCC3CC3)nc2)CC1. The zero-order chi connectivity index (χ0) is 19.1. The van der Waals surface area contributed by atoms with E-state index in [-0.39, 0.29) is 18.4 Å². The van der Waals surface area contributed by atoms with Crippen LogP contribution in [-0.4, -0.2) is 72.5 Å². The van der Waals surface area contributed by atoms with E-state index in [1.54, 1.807) is 18.3 Å². The summed E-state index contributed by atoms with van der Waals surface area (Å²) in [7, 11) is 0. The summed E-state index contributed by atoms with van der Waals surface area (Å²) in [5.41, 5.74) is 0.564. The second-order valence-corrected chi connectivity index (χ2v) is 7.04. The van der Waals surface area contributed by atoms with Crippen molar-refractivity contribution < 1.29 is 14.3 Å². The van der Waals surface area contributed by atoms with Gasteiger partial charge in [0.05, 0.1) is 25.3 Å². The average molecular weight is 370 g/mol. The molecule has 0 unspecified atom stereocenters. The number of aromatic nitrogens is 1. The molecule has 0 atom stereocenters. The van der Waals surface area contributed by atoms with Gasteiger partial charge in [-0.15, -0.1) is 6.42 Å². The van der Waals surface area contributed by atoms with Crippen LogP contribution in [0, 0.1) is 18.3 Å². The quantitative estimate of drug-likeness (QED) is 0.718. The molecule has 27 heavy (non-hydrogen) atoms. The molecular weight excluding hydrogens is 344 g/mol. The Kier molecular flexibility index (Phi) is 6.66. The predicted molar refractivity (Wildman–Crippen MR) is 101 cm³/mol. The Bertz CT molecular complexity index is 694. The average Bonchev–Trinajstić information content (AvgIpc) is 3.52. The fourth-order valence-electron chi connectivity index (χ4n) is 3.00. The van der Waals surface area contributed by atoms with Crippen LogP contribution in [0.3, 0.4) is 0 Å². The molecule has 1 aromatic heterocycles. The lowest BCUT2D eigenvalue weighted by Crippen LogP contribution is -2.40. The second-order valence-electron chi connectivity index (χ2n) is 7.04. The largest absolute Gasteiger partial charge is 0.477 e. The van der Waals surface area contributed by atoms with Crippen LogP contribution in [0.25, 0.3) is 0 Å². The molecule has 7 nitrogen and oxygen atoms in total. The number of nitrogens with zero attached hydrogens (tertiary/aromatic N) is 3. The van der Waals surface area contributed by atoms with Crippen LogP contribution < -0.4 is 10.1 Å².